The minimum absolute atomic E-state index is 0.00419. The Bertz CT molecular complexity index is 968. The predicted molar refractivity (Wildman–Crippen MR) is 109 cm³/mol. The zero-order valence-corrected chi connectivity index (χ0v) is 16.8. The van der Waals surface area contributed by atoms with Crippen LogP contribution in [0.5, 0.6) is 0 Å². The molecule has 2 aliphatic heterocycles. The number of rotatable bonds is 3. The number of pyridine rings is 1. The van der Waals surface area contributed by atoms with E-state index >= 15 is 0 Å². The summed E-state index contributed by atoms with van der Waals surface area (Å²) in [6.45, 7) is 3.08. The molecule has 158 valence electrons. The van der Waals surface area contributed by atoms with E-state index < -0.39 is 17.5 Å². The van der Waals surface area contributed by atoms with Gasteiger partial charge in [-0.1, -0.05) is 6.42 Å². The molecule has 1 aromatic carbocycles. The predicted octanol–water partition coefficient (Wildman–Crippen LogP) is 3.45. The monoisotopic (exact) mass is 414 g/mol. The van der Waals surface area contributed by atoms with Gasteiger partial charge >= 0.3 is 0 Å². The number of nitrogens with one attached hydrogen (secondary N) is 1. The molecule has 1 N–H and O–H groups in total. The second-order valence-electron chi connectivity index (χ2n) is 7.91. The van der Waals surface area contributed by atoms with Crippen LogP contribution < -0.4 is 10.2 Å². The molecule has 2 atom stereocenters. The number of nitrogens with zero attached hydrogens (tertiary/aromatic N) is 3. The van der Waals surface area contributed by atoms with Crippen LogP contribution in [0.3, 0.4) is 0 Å². The number of amides is 2. The first kappa shape index (κ1) is 20.3. The molecule has 4 rings (SSSR count). The Balaban J connectivity index is 1.62. The molecule has 1 aromatic heterocycles. The molecule has 2 amide bonds. The third-order valence-corrected chi connectivity index (χ3v) is 5.85. The maximum Gasteiger partial charge on any atom is 0.257 e. The van der Waals surface area contributed by atoms with Gasteiger partial charge in [0.05, 0.1) is 17.3 Å². The van der Waals surface area contributed by atoms with Crippen LogP contribution in [0.15, 0.2) is 36.5 Å². The quantitative estimate of drug-likeness (QED) is 0.836. The number of hydrogen-bond donors (Lipinski definition) is 1. The number of aromatic nitrogens is 1. The number of benzene rings is 1. The molecule has 0 unspecified atom stereocenters. The van der Waals surface area contributed by atoms with E-state index in [4.69, 9.17) is 0 Å². The van der Waals surface area contributed by atoms with Crippen molar-refractivity contribution < 1.29 is 18.4 Å². The van der Waals surface area contributed by atoms with Gasteiger partial charge < -0.3 is 15.1 Å². The van der Waals surface area contributed by atoms with Crippen molar-refractivity contribution in [3.63, 3.8) is 0 Å². The number of carbonyl (C=O) groups is 2. The fraction of sp³-hybridized carbons (Fsp3) is 0.409. The van der Waals surface area contributed by atoms with Gasteiger partial charge in [0.1, 0.15) is 11.6 Å². The van der Waals surface area contributed by atoms with Gasteiger partial charge in [-0.05, 0) is 49.1 Å². The third-order valence-electron chi connectivity index (χ3n) is 5.85. The maximum atomic E-state index is 14.2. The van der Waals surface area contributed by atoms with E-state index in [0.29, 0.717) is 24.6 Å². The minimum atomic E-state index is -0.719. The lowest BCUT2D eigenvalue weighted by atomic mass is 9.98. The highest BCUT2D eigenvalue weighted by Crippen LogP contribution is 2.36. The molecule has 0 bridgehead atoms. The average molecular weight is 414 g/mol. The fourth-order valence-electron chi connectivity index (χ4n) is 4.52. The molecule has 2 fully saturated rings. The molecule has 3 heterocycles. The summed E-state index contributed by atoms with van der Waals surface area (Å²) in [4.78, 5) is 32.8. The SMILES string of the molecule is CC(=O)Nc1cccnc1N1CCCC[C@@H]2CN(C(=O)c3cc(F)ccc3F)C[C@@H]21. The van der Waals surface area contributed by atoms with Crippen molar-refractivity contribution >= 4 is 23.3 Å². The van der Waals surface area contributed by atoms with Crippen molar-refractivity contribution in [3.05, 3.63) is 53.7 Å². The van der Waals surface area contributed by atoms with Gasteiger partial charge in [0, 0.05) is 32.8 Å². The van der Waals surface area contributed by atoms with Gasteiger partial charge in [-0.15, -0.1) is 0 Å². The largest absolute Gasteiger partial charge is 0.350 e. The summed E-state index contributed by atoms with van der Waals surface area (Å²) in [6.07, 6.45) is 4.62. The minimum Gasteiger partial charge on any atom is -0.350 e. The molecule has 30 heavy (non-hydrogen) atoms. The highest BCUT2D eigenvalue weighted by molar-refractivity contribution is 5.95. The standard InChI is InChI=1S/C22H24F2N4O2/c1-14(29)26-19-6-4-9-25-21(19)28-10-3-2-5-15-12-27(13-20(15)28)22(30)17-11-16(23)7-8-18(17)24/h4,6-9,11,15,20H,2-3,5,10,12-13H2,1H3,(H,26,29)/t15-,20+/m1/s1. The van der Waals surface area contributed by atoms with Gasteiger partial charge in [-0.2, -0.15) is 0 Å². The number of likely N-dealkylation sites (tertiary alicyclic amines) is 1. The van der Waals surface area contributed by atoms with E-state index in [-0.39, 0.29) is 23.4 Å². The molecule has 6 nitrogen and oxygen atoms in total. The summed E-state index contributed by atoms with van der Waals surface area (Å²) in [5, 5.41) is 2.83. The van der Waals surface area contributed by atoms with Gasteiger partial charge in [-0.25, -0.2) is 13.8 Å². The number of fused-ring (bicyclic) bond motifs is 1. The first-order valence-electron chi connectivity index (χ1n) is 10.2. The topological polar surface area (TPSA) is 65.5 Å². The second-order valence-corrected chi connectivity index (χ2v) is 7.91. The van der Waals surface area contributed by atoms with Crippen LogP contribution in [0.2, 0.25) is 0 Å². The van der Waals surface area contributed by atoms with Crippen molar-refractivity contribution in [3.8, 4) is 0 Å². The number of anilines is 2. The van der Waals surface area contributed by atoms with Crippen molar-refractivity contribution in [2.45, 2.75) is 32.2 Å². The lowest BCUT2D eigenvalue weighted by Crippen LogP contribution is -2.42. The van der Waals surface area contributed by atoms with Crippen LogP contribution in [0, 0.1) is 17.6 Å². The molecule has 2 aliphatic rings. The van der Waals surface area contributed by atoms with Crippen LogP contribution in [-0.4, -0.2) is 47.4 Å². The Morgan fingerprint density at radius 1 is 1.17 bits per heavy atom. The van der Waals surface area contributed by atoms with Crippen molar-refractivity contribution in [2.24, 2.45) is 5.92 Å². The van der Waals surface area contributed by atoms with Gasteiger partial charge in [0.2, 0.25) is 5.91 Å². The number of halogens is 2. The van der Waals surface area contributed by atoms with Crippen LogP contribution in [0.4, 0.5) is 20.3 Å². The Morgan fingerprint density at radius 2 is 2.00 bits per heavy atom. The summed E-state index contributed by atoms with van der Waals surface area (Å²) < 4.78 is 27.7. The molecule has 2 aromatic rings. The van der Waals surface area contributed by atoms with E-state index in [1.54, 1.807) is 17.2 Å². The first-order chi connectivity index (χ1) is 14.4. The lowest BCUT2D eigenvalue weighted by molar-refractivity contribution is -0.114. The normalized spacial score (nSPS) is 21.2. The van der Waals surface area contributed by atoms with Gasteiger partial charge in [-0.3, -0.25) is 9.59 Å². The first-order valence-corrected chi connectivity index (χ1v) is 10.2. The van der Waals surface area contributed by atoms with Crippen molar-refractivity contribution in [1.82, 2.24) is 9.88 Å². The summed E-state index contributed by atoms with van der Waals surface area (Å²) in [5.74, 6) is -1.16. The van der Waals surface area contributed by atoms with Crippen molar-refractivity contribution in [1.29, 1.82) is 0 Å². The highest BCUT2D eigenvalue weighted by atomic mass is 19.1. The zero-order valence-electron chi connectivity index (χ0n) is 16.8. The molecule has 0 aliphatic carbocycles. The van der Waals surface area contributed by atoms with Crippen LogP contribution >= 0.6 is 0 Å². The summed E-state index contributed by atoms with van der Waals surface area (Å²) in [6, 6.07) is 6.51. The fourth-order valence-corrected chi connectivity index (χ4v) is 4.52. The summed E-state index contributed by atoms with van der Waals surface area (Å²) in [7, 11) is 0. The van der Waals surface area contributed by atoms with E-state index in [1.165, 1.54) is 6.92 Å². The Morgan fingerprint density at radius 3 is 2.80 bits per heavy atom. The van der Waals surface area contributed by atoms with Crippen molar-refractivity contribution in [2.75, 3.05) is 29.9 Å². The van der Waals surface area contributed by atoms with Crippen LogP contribution in [0.1, 0.15) is 36.5 Å². The van der Waals surface area contributed by atoms with Gasteiger partial charge in [0.15, 0.2) is 5.82 Å². The molecule has 8 heteroatoms. The highest BCUT2D eigenvalue weighted by Gasteiger charge is 2.41. The molecule has 0 spiro atoms. The maximum absolute atomic E-state index is 14.2. The zero-order chi connectivity index (χ0) is 21.3. The number of carbonyl (C=O) groups excluding carboxylic acids is 2. The van der Waals surface area contributed by atoms with E-state index in [0.717, 1.165) is 44.0 Å². The van der Waals surface area contributed by atoms with E-state index in [9.17, 15) is 18.4 Å². The molecular formula is C22H24F2N4O2. The van der Waals surface area contributed by atoms with Crippen LogP contribution in [-0.2, 0) is 4.79 Å². The molecule has 2 saturated heterocycles. The molecule has 0 saturated carbocycles. The Labute approximate surface area is 173 Å². The Hall–Kier alpha value is -3.03. The van der Waals surface area contributed by atoms with E-state index in [2.05, 4.69) is 15.2 Å². The van der Waals surface area contributed by atoms with Crippen LogP contribution in [0.25, 0.3) is 0 Å². The lowest BCUT2D eigenvalue weighted by Gasteiger charge is -2.32. The number of hydrogen-bond acceptors (Lipinski definition) is 4. The third kappa shape index (κ3) is 3.99. The van der Waals surface area contributed by atoms with Gasteiger partial charge in [0.25, 0.3) is 5.91 Å². The summed E-state index contributed by atoms with van der Waals surface area (Å²) in [5.41, 5.74) is 0.390. The summed E-state index contributed by atoms with van der Waals surface area (Å²) >= 11 is 0. The molecular weight excluding hydrogens is 390 g/mol. The average Bonchev–Trinajstić information content (AvgIpc) is 3.04. The second kappa shape index (κ2) is 8.38. The smallest absolute Gasteiger partial charge is 0.257 e. The Kier molecular flexibility index (Phi) is 5.65. The van der Waals surface area contributed by atoms with E-state index in [1.807, 2.05) is 6.07 Å². The molecule has 0 radical (unpaired) electrons.